The maximum Gasteiger partial charge on any atom is 0.0472 e. The average molecular weight is 164 g/mol. The van der Waals surface area contributed by atoms with Crippen LogP contribution in [0.5, 0.6) is 0 Å². The summed E-state index contributed by atoms with van der Waals surface area (Å²) in [5.41, 5.74) is 0.665. The Kier molecular flexibility index (Phi) is 2.55. The van der Waals surface area contributed by atoms with E-state index in [0.29, 0.717) is 5.41 Å². The van der Waals surface area contributed by atoms with Crippen LogP contribution >= 0.6 is 12.4 Å². The summed E-state index contributed by atoms with van der Waals surface area (Å²) in [6.07, 6.45) is 2.56. The third-order valence-electron chi connectivity index (χ3n) is 2.55. The van der Waals surface area contributed by atoms with Gasteiger partial charge >= 0.3 is 0 Å². The zero-order chi connectivity index (χ0) is 6.16. The van der Waals surface area contributed by atoms with Crippen LogP contribution in [0.3, 0.4) is 0 Å². The van der Waals surface area contributed by atoms with Crippen molar-refractivity contribution in [2.45, 2.75) is 12.8 Å². The van der Waals surface area contributed by atoms with Gasteiger partial charge in [-0.2, -0.15) is 0 Å². The molecule has 1 spiro atoms. The van der Waals surface area contributed by atoms with Crippen LogP contribution in [0.4, 0.5) is 0 Å². The van der Waals surface area contributed by atoms with Crippen LogP contribution in [-0.4, -0.2) is 26.3 Å². The molecule has 0 aromatic carbocycles. The fourth-order valence-corrected chi connectivity index (χ4v) is 1.64. The fourth-order valence-electron chi connectivity index (χ4n) is 1.64. The first-order valence-electron chi connectivity index (χ1n) is 3.70. The van der Waals surface area contributed by atoms with Crippen molar-refractivity contribution in [3.05, 3.63) is 0 Å². The number of hydrogen-bond donors (Lipinski definition) is 1. The number of ether oxygens (including phenoxy) is 1. The van der Waals surface area contributed by atoms with Gasteiger partial charge in [-0.1, -0.05) is 0 Å². The Balaban J connectivity index is 0.000000500. The molecule has 2 saturated heterocycles. The van der Waals surface area contributed by atoms with Crippen LogP contribution in [0.2, 0.25) is 0 Å². The molecule has 60 valence electrons. The average Bonchev–Trinajstić information content (AvgIpc) is 1.87. The lowest BCUT2D eigenvalue weighted by molar-refractivity contribution is -0.0130. The van der Waals surface area contributed by atoms with Crippen molar-refractivity contribution in [1.29, 1.82) is 0 Å². The fraction of sp³-hybridized carbons (Fsp3) is 1.00. The van der Waals surface area contributed by atoms with Gasteiger partial charge < -0.3 is 10.1 Å². The molecule has 0 unspecified atom stereocenters. The van der Waals surface area contributed by atoms with Gasteiger partial charge in [0.1, 0.15) is 0 Å². The van der Waals surface area contributed by atoms with Crippen molar-refractivity contribution in [3.8, 4) is 0 Å². The standard InChI is InChI=1S/C7H13NO.ClH/c1-3-9-4-2-7(1)5-8-6-7;/h8H,1-6H2;1H. The third kappa shape index (κ3) is 1.29. The van der Waals surface area contributed by atoms with Crippen molar-refractivity contribution < 1.29 is 4.74 Å². The molecule has 0 bridgehead atoms. The van der Waals surface area contributed by atoms with Gasteiger partial charge in [0, 0.05) is 26.3 Å². The van der Waals surface area contributed by atoms with Gasteiger partial charge in [0.25, 0.3) is 0 Å². The third-order valence-corrected chi connectivity index (χ3v) is 2.55. The summed E-state index contributed by atoms with van der Waals surface area (Å²) >= 11 is 0. The van der Waals surface area contributed by atoms with E-state index in [-0.39, 0.29) is 12.4 Å². The molecule has 0 aromatic rings. The van der Waals surface area contributed by atoms with Gasteiger partial charge in [-0.05, 0) is 18.3 Å². The molecule has 0 saturated carbocycles. The van der Waals surface area contributed by atoms with E-state index in [2.05, 4.69) is 5.32 Å². The van der Waals surface area contributed by atoms with Crippen molar-refractivity contribution >= 4 is 12.4 Å². The molecule has 2 rings (SSSR count). The lowest BCUT2D eigenvalue weighted by Crippen LogP contribution is -2.55. The first kappa shape index (κ1) is 8.31. The predicted molar refractivity (Wildman–Crippen MR) is 42.6 cm³/mol. The van der Waals surface area contributed by atoms with E-state index < -0.39 is 0 Å². The summed E-state index contributed by atoms with van der Waals surface area (Å²) in [5, 5.41) is 3.32. The Hall–Kier alpha value is 0.210. The normalized spacial score (nSPS) is 28.8. The van der Waals surface area contributed by atoms with Crippen molar-refractivity contribution in [3.63, 3.8) is 0 Å². The van der Waals surface area contributed by atoms with E-state index >= 15 is 0 Å². The van der Waals surface area contributed by atoms with Crippen LogP contribution in [0.1, 0.15) is 12.8 Å². The van der Waals surface area contributed by atoms with E-state index in [4.69, 9.17) is 4.74 Å². The molecule has 2 fully saturated rings. The van der Waals surface area contributed by atoms with E-state index in [1.807, 2.05) is 0 Å². The Labute approximate surface area is 67.7 Å². The van der Waals surface area contributed by atoms with Gasteiger partial charge in [0.2, 0.25) is 0 Å². The molecule has 0 aliphatic carbocycles. The highest BCUT2D eigenvalue weighted by Gasteiger charge is 2.37. The minimum absolute atomic E-state index is 0. The molecule has 2 aliphatic heterocycles. The largest absolute Gasteiger partial charge is 0.381 e. The molecule has 2 heterocycles. The number of rotatable bonds is 0. The van der Waals surface area contributed by atoms with Crippen molar-refractivity contribution in [2.75, 3.05) is 26.3 Å². The smallest absolute Gasteiger partial charge is 0.0472 e. The van der Waals surface area contributed by atoms with Crippen LogP contribution in [0.25, 0.3) is 0 Å². The molecule has 0 aromatic heterocycles. The van der Waals surface area contributed by atoms with E-state index in [9.17, 15) is 0 Å². The Morgan fingerprint density at radius 2 is 1.70 bits per heavy atom. The van der Waals surface area contributed by atoms with Crippen LogP contribution in [0, 0.1) is 5.41 Å². The molecule has 10 heavy (non-hydrogen) atoms. The number of halogens is 1. The second-order valence-electron chi connectivity index (χ2n) is 3.22. The second kappa shape index (κ2) is 3.07. The highest BCUT2D eigenvalue weighted by atomic mass is 35.5. The molecular weight excluding hydrogens is 150 g/mol. The van der Waals surface area contributed by atoms with Crippen LogP contribution in [-0.2, 0) is 4.74 Å². The maximum atomic E-state index is 5.27. The highest BCUT2D eigenvalue weighted by molar-refractivity contribution is 5.85. The zero-order valence-electron chi connectivity index (χ0n) is 6.06. The lowest BCUT2D eigenvalue weighted by atomic mass is 9.75. The molecular formula is C7H14ClNO. The SMILES string of the molecule is C1CC2(CCO1)CNC2.Cl. The summed E-state index contributed by atoms with van der Waals surface area (Å²) in [6, 6.07) is 0. The number of hydrogen-bond acceptors (Lipinski definition) is 2. The van der Waals surface area contributed by atoms with E-state index in [1.165, 1.54) is 25.9 Å². The molecule has 0 amide bonds. The van der Waals surface area contributed by atoms with E-state index in [1.54, 1.807) is 0 Å². The Morgan fingerprint density at radius 1 is 1.10 bits per heavy atom. The lowest BCUT2D eigenvalue weighted by Gasteiger charge is -2.45. The zero-order valence-corrected chi connectivity index (χ0v) is 6.88. The minimum atomic E-state index is 0. The summed E-state index contributed by atoms with van der Waals surface area (Å²) in [6.45, 7) is 4.44. The highest BCUT2D eigenvalue weighted by Crippen LogP contribution is 2.33. The molecule has 0 radical (unpaired) electrons. The first-order valence-corrected chi connectivity index (χ1v) is 3.70. The summed E-state index contributed by atoms with van der Waals surface area (Å²) in [7, 11) is 0. The molecule has 1 N–H and O–H groups in total. The molecule has 3 heteroatoms. The monoisotopic (exact) mass is 163 g/mol. The Morgan fingerprint density at radius 3 is 2.00 bits per heavy atom. The minimum Gasteiger partial charge on any atom is -0.381 e. The van der Waals surface area contributed by atoms with Crippen LogP contribution in [0.15, 0.2) is 0 Å². The van der Waals surface area contributed by atoms with Gasteiger partial charge in [-0.15, -0.1) is 12.4 Å². The summed E-state index contributed by atoms with van der Waals surface area (Å²) in [4.78, 5) is 0. The van der Waals surface area contributed by atoms with Gasteiger partial charge in [-0.25, -0.2) is 0 Å². The van der Waals surface area contributed by atoms with Crippen molar-refractivity contribution in [1.82, 2.24) is 5.32 Å². The quantitative estimate of drug-likeness (QED) is 0.571. The van der Waals surface area contributed by atoms with Crippen molar-refractivity contribution in [2.24, 2.45) is 5.41 Å². The predicted octanol–water partition coefficient (Wildman–Crippen LogP) is 0.808. The number of nitrogens with one attached hydrogen (secondary N) is 1. The van der Waals surface area contributed by atoms with Gasteiger partial charge in [0.05, 0.1) is 0 Å². The second-order valence-corrected chi connectivity index (χ2v) is 3.22. The Bertz CT molecular complexity index is 106. The maximum absolute atomic E-state index is 5.27. The topological polar surface area (TPSA) is 21.3 Å². The van der Waals surface area contributed by atoms with Crippen LogP contribution < -0.4 is 5.32 Å². The molecule has 2 nitrogen and oxygen atoms in total. The van der Waals surface area contributed by atoms with Gasteiger partial charge in [-0.3, -0.25) is 0 Å². The van der Waals surface area contributed by atoms with Gasteiger partial charge in [0.15, 0.2) is 0 Å². The molecule has 0 atom stereocenters. The summed E-state index contributed by atoms with van der Waals surface area (Å²) < 4.78 is 5.27. The molecule has 2 aliphatic rings. The van der Waals surface area contributed by atoms with E-state index in [0.717, 1.165) is 13.2 Å². The summed E-state index contributed by atoms with van der Waals surface area (Å²) in [5.74, 6) is 0. The first-order chi connectivity index (χ1) is 4.41.